The first kappa shape index (κ1) is 28.9. The Hall–Kier alpha value is -2.67. The van der Waals surface area contributed by atoms with Gasteiger partial charge in [-0.3, -0.25) is 9.97 Å². The van der Waals surface area contributed by atoms with E-state index in [0.717, 1.165) is 61.5 Å². The third-order valence-corrected chi connectivity index (χ3v) is 6.96. The molecule has 37 heavy (non-hydrogen) atoms. The van der Waals surface area contributed by atoms with E-state index in [9.17, 15) is 9.90 Å². The largest absolute Gasteiger partial charge is 0.492 e. The number of carboxylic acid groups (broad SMARTS) is 1. The molecular weight excluding hydrogens is 466 g/mol. The van der Waals surface area contributed by atoms with E-state index in [2.05, 4.69) is 30.7 Å². The van der Waals surface area contributed by atoms with E-state index < -0.39 is 17.7 Å². The third-order valence-electron chi connectivity index (χ3n) is 6.96. The Morgan fingerprint density at radius 1 is 1.11 bits per heavy atom. The van der Waals surface area contributed by atoms with Crippen LogP contribution in [0, 0.1) is 12.3 Å². The van der Waals surface area contributed by atoms with Gasteiger partial charge in [0.15, 0.2) is 6.10 Å². The average molecular weight is 512 g/mol. The fraction of sp³-hybridized carbons (Fsp3) is 0.633. The molecule has 0 bridgehead atoms. The van der Waals surface area contributed by atoms with Crippen LogP contribution in [0.1, 0.15) is 97.4 Å². The van der Waals surface area contributed by atoms with Gasteiger partial charge in [0.1, 0.15) is 5.75 Å². The summed E-state index contributed by atoms with van der Waals surface area (Å²) in [4.78, 5) is 24.2. The highest BCUT2D eigenvalue weighted by Gasteiger charge is 2.36. The Labute approximate surface area is 222 Å². The molecule has 1 fully saturated rings. The molecule has 2 aromatic rings. The Morgan fingerprint density at radius 3 is 2.38 bits per heavy atom. The van der Waals surface area contributed by atoms with Crippen LogP contribution in [-0.4, -0.2) is 46.3 Å². The SMILES string of the molecule is CCCCCCOc1ccc(-c2cnc(C)c([C@H](OC(C)(C)C)C(=O)O)c2N2CCC(C)(C)CC2)nc1. The van der Waals surface area contributed by atoms with Crippen LogP contribution in [-0.2, 0) is 9.53 Å². The molecule has 1 atom stereocenters. The summed E-state index contributed by atoms with van der Waals surface area (Å²) >= 11 is 0. The summed E-state index contributed by atoms with van der Waals surface area (Å²) in [6.07, 6.45) is 9.07. The van der Waals surface area contributed by atoms with Crippen LogP contribution in [0.15, 0.2) is 24.5 Å². The second kappa shape index (κ2) is 12.2. The number of carbonyl (C=O) groups is 1. The maximum Gasteiger partial charge on any atom is 0.337 e. The number of carboxylic acids is 1. The predicted molar refractivity (Wildman–Crippen MR) is 148 cm³/mol. The van der Waals surface area contributed by atoms with Gasteiger partial charge in [-0.1, -0.05) is 40.0 Å². The highest BCUT2D eigenvalue weighted by Crippen LogP contribution is 2.43. The van der Waals surface area contributed by atoms with E-state index in [1.54, 1.807) is 6.20 Å². The number of aromatic nitrogens is 2. The van der Waals surface area contributed by atoms with Crippen molar-refractivity contribution in [1.82, 2.24) is 9.97 Å². The summed E-state index contributed by atoms with van der Waals surface area (Å²) in [5.41, 5.74) is 3.30. The number of aryl methyl sites for hydroxylation is 1. The minimum absolute atomic E-state index is 0.251. The maximum atomic E-state index is 12.5. The van der Waals surface area contributed by atoms with E-state index >= 15 is 0 Å². The van der Waals surface area contributed by atoms with E-state index in [0.29, 0.717) is 17.9 Å². The molecule has 1 saturated heterocycles. The lowest BCUT2D eigenvalue weighted by Crippen LogP contribution is -2.39. The van der Waals surface area contributed by atoms with Crippen molar-refractivity contribution in [3.8, 4) is 17.0 Å². The van der Waals surface area contributed by atoms with Crippen molar-refractivity contribution in [2.45, 2.75) is 98.7 Å². The Morgan fingerprint density at radius 2 is 1.81 bits per heavy atom. The molecular formula is C30H45N3O4. The van der Waals surface area contributed by atoms with Crippen molar-refractivity contribution >= 4 is 11.7 Å². The van der Waals surface area contributed by atoms with Gasteiger partial charge in [-0.2, -0.15) is 0 Å². The number of anilines is 1. The molecule has 0 unspecified atom stereocenters. The fourth-order valence-corrected chi connectivity index (χ4v) is 4.72. The minimum atomic E-state index is -1.14. The molecule has 0 saturated carbocycles. The van der Waals surface area contributed by atoms with Gasteiger partial charge in [0.05, 0.1) is 29.8 Å². The molecule has 2 aromatic heterocycles. The van der Waals surface area contributed by atoms with E-state index in [1.807, 2.05) is 46.0 Å². The van der Waals surface area contributed by atoms with Crippen molar-refractivity contribution in [2.24, 2.45) is 5.41 Å². The standard InChI is InChI=1S/C30H45N3O4/c1-8-9-10-11-18-36-22-12-13-24(32-19-22)23-20-31-21(2)25(27(28(34)35)37-29(3,4)5)26(23)33-16-14-30(6,7)15-17-33/h12-13,19-20,27H,8-11,14-18H2,1-7H3,(H,34,35)/t27-/m0/s1. The summed E-state index contributed by atoms with van der Waals surface area (Å²) in [5.74, 6) is -0.281. The number of hydrogen-bond acceptors (Lipinski definition) is 6. The van der Waals surface area contributed by atoms with Gasteiger partial charge in [0, 0.05) is 36.1 Å². The number of aliphatic carboxylic acids is 1. The molecule has 0 spiro atoms. The fourth-order valence-electron chi connectivity index (χ4n) is 4.72. The number of unbranched alkanes of at least 4 members (excludes halogenated alkanes) is 3. The maximum absolute atomic E-state index is 12.5. The van der Waals surface area contributed by atoms with Gasteiger partial charge in [-0.25, -0.2) is 4.79 Å². The zero-order valence-electron chi connectivity index (χ0n) is 23.8. The van der Waals surface area contributed by atoms with Crippen LogP contribution in [0.4, 0.5) is 5.69 Å². The van der Waals surface area contributed by atoms with Crippen LogP contribution in [0.2, 0.25) is 0 Å². The summed E-state index contributed by atoms with van der Waals surface area (Å²) in [5, 5.41) is 10.3. The summed E-state index contributed by atoms with van der Waals surface area (Å²) in [6, 6.07) is 3.88. The van der Waals surface area contributed by atoms with Crippen molar-refractivity contribution in [2.75, 3.05) is 24.6 Å². The highest BCUT2D eigenvalue weighted by atomic mass is 16.5. The lowest BCUT2D eigenvalue weighted by molar-refractivity contribution is -0.160. The average Bonchev–Trinajstić information content (AvgIpc) is 2.82. The first-order chi connectivity index (χ1) is 17.4. The topological polar surface area (TPSA) is 84.8 Å². The molecule has 1 aliphatic heterocycles. The predicted octanol–water partition coefficient (Wildman–Crippen LogP) is 6.98. The van der Waals surface area contributed by atoms with Crippen LogP contribution < -0.4 is 9.64 Å². The normalized spacial score (nSPS) is 16.5. The molecule has 7 nitrogen and oxygen atoms in total. The van der Waals surface area contributed by atoms with Crippen LogP contribution in [0.5, 0.6) is 5.75 Å². The number of hydrogen-bond donors (Lipinski definition) is 1. The van der Waals surface area contributed by atoms with Gasteiger partial charge in [0.25, 0.3) is 0 Å². The van der Waals surface area contributed by atoms with Gasteiger partial charge in [-0.15, -0.1) is 0 Å². The Kier molecular flexibility index (Phi) is 9.57. The molecule has 0 aliphatic carbocycles. The summed E-state index contributed by atoms with van der Waals surface area (Å²) in [6.45, 7) is 16.6. The number of ether oxygens (including phenoxy) is 2. The number of rotatable bonds is 11. The zero-order valence-corrected chi connectivity index (χ0v) is 23.8. The molecule has 0 aromatic carbocycles. The molecule has 1 N–H and O–H groups in total. The highest BCUT2D eigenvalue weighted by molar-refractivity contribution is 5.85. The van der Waals surface area contributed by atoms with Crippen LogP contribution in [0.3, 0.4) is 0 Å². The molecule has 7 heteroatoms. The van der Waals surface area contributed by atoms with E-state index in [-0.39, 0.29) is 5.41 Å². The number of nitrogens with zero attached hydrogens (tertiary/aromatic N) is 3. The van der Waals surface area contributed by atoms with Gasteiger partial charge >= 0.3 is 5.97 Å². The van der Waals surface area contributed by atoms with Gasteiger partial charge in [0.2, 0.25) is 0 Å². The molecule has 3 heterocycles. The monoisotopic (exact) mass is 511 g/mol. The van der Waals surface area contributed by atoms with Gasteiger partial charge in [-0.05, 0) is 64.5 Å². The lowest BCUT2D eigenvalue weighted by atomic mass is 9.82. The summed E-state index contributed by atoms with van der Waals surface area (Å²) < 4.78 is 12.0. The summed E-state index contributed by atoms with van der Waals surface area (Å²) in [7, 11) is 0. The Balaban J connectivity index is 2.02. The minimum Gasteiger partial charge on any atom is -0.492 e. The number of piperidine rings is 1. The van der Waals surface area contributed by atoms with Crippen molar-refractivity contribution in [1.29, 1.82) is 0 Å². The van der Waals surface area contributed by atoms with Crippen molar-refractivity contribution < 1.29 is 19.4 Å². The number of pyridine rings is 2. The van der Waals surface area contributed by atoms with Gasteiger partial charge < -0.3 is 19.5 Å². The van der Waals surface area contributed by atoms with Crippen LogP contribution >= 0.6 is 0 Å². The molecule has 0 radical (unpaired) electrons. The quantitative estimate of drug-likeness (QED) is 0.326. The van der Waals surface area contributed by atoms with E-state index in [1.165, 1.54) is 12.8 Å². The second-order valence-electron chi connectivity index (χ2n) is 11.9. The lowest BCUT2D eigenvalue weighted by Gasteiger charge is -2.40. The zero-order chi connectivity index (χ0) is 27.2. The van der Waals surface area contributed by atoms with Crippen molar-refractivity contribution in [3.05, 3.63) is 35.8 Å². The third kappa shape index (κ3) is 7.91. The Bertz CT molecular complexity index is 1030. The first-order valence-corrected chi connectivity index (χ1v) is 13.7. The van der Waals surface area contributed by atoms with E-state index in [4.69, 9.17) is 14.5 Å². The smallest absolute Gasteiger partial charge is 0.337 e. The molecule has 204 valence electrons. The van der Waals surface area contributed by atoms with Crippen molar-refractivity contribution in [3.63, 3.8) is 0 Å². The molecule has 3 rings (SSSR count). The second-order valence-corrected chi connectivity index (χ2v) is 11.9. The van der Waals surface area contributed by atoms with Crippen LogP contribution in [0.25, 0.3) is 11.3 Å². The first-order valence-electron chi connectivity index (χ1n) is 13.7. The molecule has 0 amide bonds. The molecule has 1 aliphatic rings.